The Kier molecular flexibility index (Phi) is 6.72. The molecule has 1 aromatic heterocycles. The Bertz CT molecular complexity index is 1010. The van der Waals surface area contributed by atoms with Crippen LogP contribution in [0.15, 0.2) is 53.9 Å². The summed E-state index contributed by atoms with van der Waals surface area (Å²) in [4.78, 5) is 2.06. The molecule has 3 rings (SSSR count). The summed E-state index contributed by atoms with van der Waals surface area (Å²) in [6, 6.07) is 15.7. The van der Waals surface area contributed by atoms with Crippen LogP contribution in [0.2, 0.25) is 0 Å². The smallest absolute Gasteiger partial charge is 0.211 e. The van der Waals surface area contributed by atoms with Crippen LogP contribution in [-0.2, 0) is 16.4 Å². The Balaban J connectivity index is 1.65. The molecular weight excluding hydrogens is 392 g/mol. The fourth-order valence-electron chi connectivity index (χ4n) is 3.15. The van der Waals surface area contributed by atoms with E-state index in [0.717, 1.165) is 16.9 Å². The molecule has 3 aromatic rings. The minimum Gasteiger partial charge on any atom is -0.497 e. The molecule has 28 heavy (non-hydrogen) atoms. The standard InChI is InChI=1S/C21H26N2O3S2/c1-23(2)20(19-15-27-21-7-5-4-6-18(19)21)14-22-28(24,25)13-12-16-8-10-17(26-3)11-9-16/h4-11,15,20,22H,12-14H2,1-3H3/t20-/m1/s1. The number of benzene rings is 2. The number of ether oxygens (including phenoxy) is 1. The molecule has 2 aromatic carbocycles. The van der Waals surface area contributed by atoms with Gasteiger partial charge in [-0.05, 0) is 60.6 Å². The van der Waals surface area contributed by atoms with Gasteiger partial charge in [0.1, 0.15) is 5.75 Å². The highest BCUT2D eigenvalue weighted by Crippen LogP contribution is 2.32. The van der Waals surface area contributed by atoms with Crippen molar-refractivity contribution in [2.45, 2.75) is 12.5 Å². The van der Waals surface area contributed by atoms with Crippen LogP contribution < -0.4 is 9.46 Å². The lowest BCUT2D eigenvalue weighted by molar-refractivity contribution is 0.301. The van der Waals surface area contributed by atoms with Gasteiger partial charge in [-0.2, -0.15) is 0 Å². The number of aryl methyl sites for hydroxylation is 1. The molecule has 0 saturated carbocycles. The zero-order valence-corrected chi connectivity index (χ0v) is 18.0. The number of likely N-dealkylation sites (N-methyl/N-ethyl adjacent to an activating group) is 1. The van der Waals surface area contributed by atoms with Gasteiger partial charge in [0.05, 0.1) is 12.9 Å². The molecule has 7 heteroatoms. The molecule has 0 aliphatic rings. The van der Waals surface area contributed by atoms with Crippen LogP contribution in [0.25, 0.3) is 10.1 Å². The second-order valence-corrected chi connectivity index (χ2v) is 9.77. The zero-order chi connectivity index (χ0) is 20.1. The number of thiophene rings is 1. The maximum atomic E-state index is 12.5. The largest absolute Gasteiger partial charge is 0.497 e. The van der Waals surface area contributed by atoms with Crippen LogP contribution >= 0.6 is 11.3 Å². The highest BCUT2D eigenvalue weighted by molar-refractivity contribution is 7.89. The van der Waals surface area contributed by atoms with Crippen LogP contribution in [0.4, 0.5) is 0 Å². The van der Waals surface area contributed by atoms with Gasteiger partial charge in [0, 0.05) is 17.3 Å². The van der Waals surface area contributed by atoms with Gasteiger partial charge < -0.3 is 9.64 Å². The van der Waals surface area contributed by atoms with Gasteiger partial charge in [0.15, 0.2) is 0 Å². The monoisotopic (exact) mass is 418 g/mol. The molecule has 150 valence electrons. The third-order valence-corrected chi connectivity index (χ3v) is 7.14. The van der Waals surface area contributed by atoms with Gasteiger partial charge in [-0.15, -0.1) is 11.3 Å². The zero-order valence-electron chi connectivity index (χ0n) is 16.4. The second-order valence-electron chi connectivity index (χ2n) is 6.93. The van der Waals surface area contributed by atoms with E-state index in [4.69, 9.17) is 4.74 Å². The predicted molar refractivity (Wildman–Crippen MR) is 117 cm³/mol. The summed E-state index contributed by atoms with van der Waals surface area (Å²) in [5, 5.41) is 3.31. The van der Waals surface area contributed by atoms with E-state index in [1.54, 1.807) is 18.4 Å². The normalized spacial score (nSPS) is 13.1. The molecule has 0 aliphatic carbocycles. The van der Waals surface area contributed by atoms with Gasteiger partial charge in [-0.1, -0.05) is 30.3 Å². The fraction of sp³-hybridized carbons (Fsp3) is 0.333. The van der Waals surface area contributed by atoms with Crippen LogP contribution in [-0.4, -0.2) is 46.8 Å². The molecule has 0 saturated heterocycles. The van der Waals surface area contributed by atoms with Crippen molar-refractivity contribution in [3.05, 3.63) is 65.0 Å². The number of hydrogen-bond donors (Lipinski definition) is 1. The number of methoxy groups -OCH3 is 1. The first-order chi connectivity index (χ1) is 13.4. The van der Waals surface area contributed by atoms with E-state index in [0.29, 0.717) is 13.0 Å². The quantitative estimate of drug-likeness (QED) is 0.576. The molecule has 0 amide bonds. The Hall–Kier alpha value is -1.93. The first-order valence-electron chi connectivity index (χ1n) is 9.12. The van der Waals surface area contributed by atoms with Crippen LogP contribution in [0.5, 0.6) is 5.75 Å². The second kappa shape index (κ2) is 9.05. The summed E-state index contributed by atoms with van der Waals surface area (Å²) in [6.07, 6.45) is 0.466. The van der Waals surface area contributed by atoms with E-state index in [1.165, 1.54) is 10.1 Å². The van der Waals surface area contributed by atoms with E-state index < -0.39 is 10.0 Å². The van der Waals surface area contributed by atoms with Crippen molar-refractivity contribution < 1.29 is 13.2 Å². The van der Waals surface area contributed by atoms with E-state index in [1.807, 2.05) is 50.5 Å². The summed E-state index contributed by atoms with van der Waals surface area (Å²) in [5.74, 6) is 0.825. The van der Waals surface area contributed by atoms with Crippen molar-refractivity contribution in [1.29, 1.82) is 0 Å². The Morgan fingerprint density at radius 1 is 1.11 bits per heavy atom. The van der Waals surface area contributed by atoms with Crippen LogP contribution in [0.3, 0.4) is 0 Å². The third kappa shape index (κ3) is 5.11. The minimum absolute atomic E-state index is 0.0214. The Morgan fingerprint density at radius 3 is 2.50 bits per heavy atom. The van der Waals surface area contributed by atoms with Crippen molar-refractivity contribution in [2.75, 3.05) is 33.5 Å². The number of nitrogens with zero attached hydrogens (tertiary/aromatic N) is 1. The average Bonchev–Trinajstić information content (AvgIpc) is 3.11. The van der Waals surface area contributed by atoms with Gasteiger partial charge in [-0.25, -0.2) is 13.1 Å². The predicted octanol–water partition coefficient (Wildman–Crippen LogP) is 3.67. The molecule has 1 N–H and O–H groups in total. The number of rotatable bonds is 9. The molecule has 0 spiro atoms. The maximum absolute atomic E-state index is 12.5. The van der Waals surface area contributed by atoms with Crippen LogP contribution in [0.1, 0.15) is 17.2 Å². The molecule has 1 heterocycles. The number of hydrogen-bond acceptors (Lipinski definition) is 5. The molecular formula is C21H26N2O3S2. The van der Waals surface area contributed by atoms with E-state index in [9.17, 15) is 8.42 Å². The van der Waals surface area contributed by atoms with Gasteiger partial charge in [0.2, 0.25) is 10.0 Å². The Labute approximate surface area is 171 Å². The van der Waals surface area contributed by atoms with E-state index in [2.05, 4.69) is 27.1 Å². The molecule has 0 bridgehead atoms. The number of nitrogens with one attached hydrogen (secondary N) is 1. The molecule has 1 atom stereocenters. The molecule has 0 aliphatic heterocycles. The van der Waals surface area contributed by atoms with Crippen molar-refractivity contribution in [2.24, 2.45) is 0 Å². The highest BCUT2D eigenvalue weighted by atomic mass is 32.2. The average molecular weight is 419 g/mol. The lowest BCUT2D eigenvalue weighted by Crippen LogP contribution is -2.36. The number of sulfonamides is 1. The number of fused-ring (bicyclic) bond motifs is 1. The maximum Gasteiger partial charge on any atom is 0.211 e. The first-order valence-corrected chi connectivity index (χ1v) is 11.7. The lowest BCUT2D eigenvalue weighted by atomic mass is 10.1. The third-order valence-electron chi connectivity index (χ3n) is 4.81. The summed E-state index contributed by atoms with van der Waals surface area (Å²) >= 11 is 1.69. The van der Waals surface area contributed by atoms with Gasteiger partial charge in [-0.3, -0.25) is 0 Å². The Morgan fingerprint density at radius 2 is 1.82 bits per heavy atom. The van der Waals surface area contributed by atoms with Gasteiger partial charge >= 0.3 is 0 Å². The summed E-state index contributed by atoms with van der Waals surface area (Å²) in [6.45, 7) is 0.346. The van der Waals surface area contributed by atoms with Crippen molar-refractivity contribution in [1.82, 2.24) is 9.62 Å². The molecule has 0 fully saturated rings. The molecule has 5 nitrogen and oxygen atoms in total. The summed E-state index contributed by atoms with van der Waals surface area (Å²) < 4.78 is 34.2. The van der Waals surface area contributed by atoms with Crippen molar-refractivity contribution >= 4 is 31.4 Å². The summed E-state index contributed by atoms with van der Waals surface area (Å²) in [7, 11) is 2.19. The highest BCUT2D eigenvalue weighted by Gasteiger charge is 2.21. The fourth-order valence-corrected chi connectivity index (χ4v) is 5.22. The van der Waals surface area contributed by atoms with E-state index in [-0.39, 0.29) is 11.8 Å². The van der Waals surface area contributed by atoms with Gasteiger partial charge in [0.25, 0.3) is 0 Å². The van der Waals surface area contributed by atoms with Crippen molar-refractivity contribution in [3.8, 4) is 5.75 Å². The summed E-state index contributed by atoms with van der Waals surface area (Å²) in [5.41, 5.74) is 2.13. The van der Waals surface area contributed by atoms with Crippen LogP contribution in [0, 0.1) is 0 Å². The first kappa shape index (κ1) is 20.8. The topological polar surface area (TPSA) is 58.6 Å². The molecule has 0 radical (unpaired) electrons. The SMILES string of the molecule is COc1ccc(CCS(=O)(=O)NC[C@H](c2csc3ccccc23)N(C)C)cc1. The minimum atomic E-state index is -3.37. The van der Waals surface area contributed by atoms with E-state index >= 15 is 0 Å². The lowest BCUT2D eigenvalue weighted by Gasteiger charge is -2.24. The molecule has 0 unspecified atom stereocenters. The van der Waals surface area contributed by atoms with Crippen molar-refractivity contribution in [3.63, 3.8) is 0 Å².